The highest BCUT2D eigenvalue weighted by Crippen LogP contribution is 2.15. The summed E-state index contributed by atoms with van der Waals surface area (Å²) in [5.41, 5.74) is 1.50. The lowest BCUT2D eigenvalue weighted by atomic mass is 10.3. The maximum absolute atomic E-state index is 11.0. The average molecular weight is 264 g/mol. The molecule has 70 valence electrons. The number of alkyl halides is 1. The fourth-order valence-corrected chi connectivity index (χ4v) is 1.06. The fraction of sp³-hybridized carbons (Fsp3) is 0.250. The van der Waals surface area contributed by atoms with Gasteiger partial charge in [-0.15, -0.1) is 0 Å². The van der Waals surface area contributed by atoms with Crippen molar-refractivity contribution in [3.63, 3.8) is 0 Å². The summed E-state index contributed by atoms with van der Waals surface area (Å²) in [6, 6.07) is 1.77. The van der Waals surface area contributed by atoms with E-state index in [1.807, 2.05) is 6.92 Å². The minimum Gasteiger partial charge on any atom is -0.324 e. The van der Waals surface area contributed by atoms with Crippen LogP contribution in [0.1, 0.15) is 5.56 Å². The zero-order valence-corrected chi connectivity index (χ0v) is 9.32. The van der Waals surface area contributed by atoms with Crippen LogP contribution in [0.3, 0.4) is 0 Å². The number of carbonyl (C=O) groups excluding carboxylic acids is 1. The molecule has 0 aliphatic heterocycles. The zero-order valence-electron chi connectivity index (χ0n) is 6.97. The molecule has 1 aromatic rings. The van der Waals surface area contributed by atoms with Crippen molar-refractivity contribution in [1.82, 2.24) is 4.98 Å². The lowest BCUT2D eigenvalue weighted by Gasteiger charge is -2.03. The van der Waals surface area contributed by atoms with Crippen molar-refractivity contribution >= 4 is 39.1 Å². The van der Waals surface area contributed by atoms with E-state index in [4.69, 9.17) is 11.6 Å². The zero-order chi connectivity index (χ0) is 9.84. The molecule has 0 saturated carbocycles. The van der Waals surface area contributed by atoms with Gasteiger partial charge in [0.15, 0.2) is 0 Å². The van der Waals surface area contributed by atoms with E-state index in [0.717, 1.165) is 5.56 Å². The molecule has 0 radical (unpaired) electrons. The van der Waals surface area contributed by atoms with E-state index in [9.17, 15) is 4.79 Å². The molecule has 5 heteroatoms. The number of aryl methyl sites for hydroxylation is 1. The standard InChI is InChI=1S/C8H8BrClN2O/c1-5-2-6(4-11-8(5)10)12-7(13)3-9/h2,4H,3H2,1H3,(H,12,13). The van der Waals surface area contributed by atoms with Crippen LogP contribution >= 0.6 is 27.5 Å². The molecule has 0 unspecified atom stereocenters. The normalized spacial score (nSPS) is 9.77. The summed E-state index contributed by atoms with van der Waals surface area (Å²) in [6.45, 7) is 1.83. The molecule has 0 bridgehead atoms. The lowest BCUT2D eigenvalue weighted by molar-refractivity contribution is -0.113. The summed E-state index contributed by atoms with van der Waals surface area (Å²) < 4.78 is 0. The van der Waals surface area contributed by atoms with Crippen molar-refractivity contribution in [1.29, 1.82) is 0 Å². The number of nitrogens with one attached hydrogen (secondary N) is 1. The summed E-state index contributed by atoms with van der Waals surface area (Å²) in [5.74, 6) is -0.108. The molecule has 0 atom stereocenters. The molecule has 1 rings (SSSR count). The Morgan fingerprint density at radius 3 is 3.00 bits per heavy atom. The predicted molar refractivity (Wildman–Crippen MR) is 56.4 cm³/mol. The van der Waals surface area contributed by atoms with E-state index < -0.39 is 0 Å². The van der Waals surface area contributed by atoms with Crippen LogP contribution in [0.2, 0.25) is 5.15 Å². The van der Waals surface area contributed by atoms with Crippen LogP contribution in [0.25, 0.3) is 0 Å². The highest BCUT2D eigenvalue weighted by molar-refractivity contribution is 9.09. The number of rotatable bonds is 2. The van der Waals surface area contributed by atoms with Gasteiger partial charge in [-0.25, -0.2) is 4.98 Å². The summed E-state index contributed by atoms with van der Waals surface area (Å²) >= 11 is 8.76. The predicted octanol–water partition coefficient (Wildman–Crippen LogP) is 2.38. The Kier molecular flexibility index (Phi) is 3.69. The largest absolute Gasteiger partial charge is 0.324 e. The number of aromatic nitrogens is 1. The first-order valence-corrected chi connectivity index (χ1v) is 5.11. The summed E-state index contributed by atoms with van der Waals surface area (Å²) in [7, 11) is 0. The van der Waals surface area contributed by atoms with Gasteiger partial charge in [0.2, 0.25) is 5.91 Å². The number of anilines is 1. The lowest BCUT2D eigenvalue weighted by Crippen LogP contribution is -2.12. The first-order valence-electron chi connectivity index (χ1n) is 3.61. The summed E-state index contributed by atoms with van der Waals surface area (Å²) in [5, 5.41) is 3.38. The molecule has 0 spiro atoms. The van der Waals surface area contributed by atoms with Crippen LogP contribution < -0.4 is 5.32 Å². The average Bonchev–Trinajstić information content (AvgIpc) is 2.11. The number of pyridine rings is 1. The third-order valence-corrected chi connectivity index (χ3v) is 2.32. The van der Waals surface area contributed by atoms with Crippen molar-refractivity contribution in [2.75, 3.05) is 10.6 Å². The van der Waals surface area contributed by atoms with Gasteiger partial charge in [0, 0.05) is 0 Å². The number of hydrogen-bond donors (Lipinski definition) is 1. The molecule has 3 nitrogen and oxygen atoms in total. The summed E-state index contributed by atoms with van der Waals surface area (Å²) in [6.07, 6.45) is 1.52. The maximum atomic E-state index is 11.0. The van der Waals surface area contributed by atoms with Crippen molar-refractivity contribution in [2.24, 2.45) is 0 Å². The first-order chi connectivity index (χ1) is 6.13. The van der Waals surface area contributed by atoms with Gasteiger partial charge in [0.05, 0.1) is 17.2 Å². The van der Waals surface area contributed by atoms with E-state index in [-0.39, 0.29) is 11.2 Å². The first kappa shape index (κ1) is 10.5. The van der Waals surface area contributed by atoms with Crippen LogP contribution in [0.15, 0.2) is 12.3 Å². The Balaban J connectivity index is 2.79. The van der Waals surface area contributed by atoms with Gasteiger partial charge in [0.25, 0.3) is 0 Å². The van der Waals surface area contributed by atoms with E-state index >= 15 is 0 Å². The van der Waals surface area contributed by atoms with Crippen LogP contribution in [0.4, 0.5) is 5.69 Å². The molecular formula is C8H8BrClN2O. The Hall–Kier alpha value is -0.610. The molecule has 13 heavy (non-hydrogen) atoms. The van der Waals surface area contributed by atoms with Gasteiger partial charge in [-0.05, 0) is 18.6 Å². The number of amides is 1. The second kappa shape index (κ2) is 4.58. The Labute approximate surface area is 89.6 Å². The van der Waals surface area contributed by atoms with E-state index in [0.29, 0.717) is 10.8 Å². The Morgan fingerprint density at radius 2 is 2.46 bits per heavy atom. The quantitative estimate of drug-likeness (QED) is 0.657. The molecule has 1 heterocycles. The van der Waals surface area contributed by atoms with Gasteiger partial charge >= 0.3 is 0 Å². The molecule has 0 fully saturated rings. The molecule has 0 aliphatic rings. The van der Waals surface area contributed by atoms with E-state index in [1.54, 1.807) is 6.07 Å². The SMILES string of the molecule is Cc1cc(NC(=O)CBr)cnc1Cl. The van der Waals surface area contributed by atoms with Gasteiger partial charge in [-0.3, -0.25) is 4.79 Å². The van der Waals surface area contributed by atoms with Crippen LogP contribution in [-0.4, -0.2) is 16.2 Å². The molecule has 0 saturated heterocycles. The molecule has 0 aliphatic carbocycles. The fourth-order valence-electron chi connectivity index (χ4n) is 0.821. The molecular weight excluding hydrogens is 255 g/mol. The van der Waals surface area contributed by atoms with Gasteiger partial charge < -0.3 is 5.32 Å². The Bertz CT molecular complexity index is 330. The number of nitrogens with zero attached hydrogens (tertiary/aromatic N) is 1. The third-order valence-electron chi connectivity index (χ3n) is 1.42. The molecule has 0 aromatic carbocycles. The minimum atomic E-state index is -0.108. The Morgan fingerprint density at radius 1 is 1.77 bits per heavy atom. The maximum Gasteiger partial charge on any atom is 0.235 e. The van der Waals surface area contributed by atoms with Crippen LogP contribution in [0.5, 0.6) is 0 Å². The van der Waals surface area contributed by atoms with Crippen molar-refractivity contribution < 1.29 is 4.79 Å². The minimum absolute atomic E-state index is 0.108. The topological polar surface area (TPSA) is 42.0 Å². The van der Waals surface area contributed by atoms with Crippen molar-refractivity contribution in [2.45, 2.75) is 6.92 Å². The monoisotopic (exact) mass is 262 g/mol. The van der Waals surface area contributed by atoms with E-state index in [2.05, 4.69) is 26.2 Å². The number of carbonyl (C=O) groups is 1. The molecule has 1 N–H and O–H groups in total. The molecule has 1 aromatic heterocycles. The van der Waals surface area contributed by atoms with Crippen molar-refractivity contribution in [3.05, 3.63) is 23.0 Å². The molecule has 1 amide bonds. The smallest absolute Gasteiger partial charge is 0.235 e. The third kappa shape index (κ3) is 2.97. The highest BCUT2D eigenvalue weighted by Gasteiger charge is 2.02. The van der Waals surface area contributed by atoms with Crippen LogP contribution in [0, 0.1) is 6.92 Å². The van der Waals surface area contributed by atoms with Gasteiger partial charge in [-0.1, -0.05) is 27.5 Å². The highest BCUT2D eigenvalue weighted by atomic mass is 79.9. The number of hydrogen-bond acceptors (Lipinski definition) is 2. The summed E-state index contributed by atoms with van der Waals surface area (Å²) in [4.78, 5) is 14.9. The van der Waals surface area contributed by atoms with Gasteiger partial charge in [-0.2, -0.15) is 0 Å². The second-order valence-corrected chi connectivity index (χ2v) is 3.43. The van der Waals surface area contributed by atoms with Crippen molar-refractivity contribution in [3.8, 4) is 0 Å². The van der Waals surface area contributed by atoms with E-state index in [1.165, 1.54) is 6.20 Å². The van der Waals surface area contributed by atoms with Crippen LogP contribution in [-0.2, 0) is 4.79 Å². The second-order valence-electron chi connectivity index (χ2n) is 2.51. The number of halogens is 2. The van der Waals surface area contributed by atoms with Gasteiger partial charge in [0.1, 0.15) is 5.15 Å².